The van der Waals surface area contributed by atoms with E-state index in [1.807, 2.05) is 29.2 Å². The molecule has 1 aromatic heterocycles. The Kier molecular flexibility index (Phi) is 5.19. The summed E-state index contributed by atoms with van der Waals surface area (Å²) in [5.41, 5.74) is 1.00. The van der Waals surface area contributed by atoms with E-state index in [1.165, 1.54) is 6.07 Å². The van der Waals surface area contributed by atoms with Crippen molar-refractivity contribution in [1.29, 1.82) is 0 Å². The van der Waals surface area contributed by atoms with Crippen LogP contribution in [-0.4, -0.2) is 47.0 Å². The zero-order valence-electron chi connectivity index (χ0n) is 12.7. The smallest absolute Gasteiger partial charge is 0.123 e. The molecule has 2 aromatic rings. The maximum absolute atomic E-state index is 13.2. The van der Waals surface area contributed by atoms with Gasteiger partial charge in [-0.1, -0.05) is 12.1 Å². The van der Waals surface area contributed by atoms with Crippen LogP contribution in [0.25, 0.3) is 0 Å². The van der Waals surface area contributed by atoms with E-state index in [1.54, 1.807) is 12.1 Å². The molecule has 5 heteroatoms. The summed E-state index contributed by atoms with van der Waals surface area (Å²) < 4.78 is 21.0. The van der Waals surface area contributed by atoms with Crippen molar-refractivity contribution in [2.75, 3.05) is 26.2 Å². The highest BCUT2D eigenvalue weighted by atomic mass is 19.1. The van der Waals surface area contributed by atoms with Gasteiger partial charge in [0.05, 0.1) is 12.7 Å². The summed E-state index contributed by atoms with van der Waals surface area (Å²) in [5.74, 6) is -0.176. The molecule has 4 nitrogen and oxygen atoms in total. The largest absolute Gasteiger partial charge is 0.375 e. The lowest BCUT2D eigenvalue weighted by atomic mass is 10.1. The van der Waals surface area contributed by atoms with E-state index in [4.69, 9.17) is 4.74 Å². The molecule has 22 heavy (non-hydrogen) atoms. The number of hydrogen-bond acceptors (Lipinski definition) is 3. The maximum atomic E-state index is 13.2. The third-order valence-corrected chi connectivity index (χ3v) is 4.00. The highest BCUT2D eigenvalue weighted by molar-refractivity contribution is 5.17. The Bertz CT molecular complexity index is 573. The van der Waals surface area contributed by atoms with Gasteiger partial charge in [0.25, 0.3) is 0 Å². The highest BCUT2D eigenvalue weighted by Crippen LogP contribution is 2.13. The van der Waals surface area contributed by atoms with Gasteiger partial charge in [0.15, 0.2) is 0 Å². The highest BCUT2D eigenvalue weighted by Gasteiger charge is 2.20. The first-order valence-electron chi connectivity index (χ1n) is 7.85. The van der Waals surface area contributed by atoms with Gasteiger partial charge in [-0.2, -0.15) is 5.10 Å². The van der Waals surface area contributed by atoms with Crippen LogP contribution in [0.15, 0.2) is 42.7 Å². The summed E-state index contributed by atoms with van der Waals surface area (Å²) in [7, 11) is 0. The second-order valence-corrected chi connectivity index (χ2v) is 5.75. The van der Waals surface area contributed by atoms with E-state index in [0.29, 0.717) is 0 Å². The zero-order chi connectivity index (χ0) is 15.2. The van der Waals surface area contributed by atoms with Crippen molar-refractivity contribution >= 4 is 0 Å². The fraction of sp³-hybridized carbons (Fsp3) is 0.471. The Morgan fingerprint density at radius 3 is 3.05 bits per heavy atom. The summed E-state index contributed by atoms with van der Waals surface area (Å²) in [6.07, 6.45) is 5.80. The van der Waals surface area contributed by atoms with Gasteiger partial charge in [-0.25, -0.2) is 4.39 Å². The second kappa shape index (κ2) is 7.51. The van der Waals surface area contributed by atoms with Crippen LogP contribution in [-0.2, 0) is 17.7 Å². The fourth-order valence-corrected chi connectivity index (χ4v) is 2.92. The number of hydrogen-bond donors (Lipinski definition) is 0. The van der Waals surface area contributed by atoms with E-state index < -0.39 is 0 Å². The van der Waals surface area contributed by atoms with Crippen LogP contribution in [0.2, 0.25) is 0 Å². The van der Waals surface area contributed by atoms with Crippen molar-refractivity contribution in [2.24, 2.45) is 0 Å². The minimum absolute atomic E-state index is 0.153. The van der Waals surface area contributed by atoms with E-state index in [0.717, 1.165) is 51.2 Å². The Hall–Kier alpha value is -1.72. The van der Waals surface area contributed by atoms with Crippen molar-refractivity contribution in [3.63, 3.8) is 0 Å². The first-order valence-corrected chi connectivity index (χ1v) is 7.85. The standard InChI is InChI=1S/C17H22FN3O/c18-16-5-1-4-15(12-16)13-17-14-20(10-11-22-17)7-3-9-21-8-2-6-19-21/h1-2,4-6,8,12,17H,3,7,9-11,13-14H2. The number of halogens is 1. The van der Waals surface area contributed by atoms with Crippen LogP contribution in [0.1, 0.15) is 12.0 Å². The fourth-order valence-electron chi connectivity index (χ4n) is 2.92. The molecule has 0 saturated carbocycles. The molecule has 1 aromatic carbocycles. The molecule has 1 saturated heterocycles. The van der Waals surface area contributed by atoms with Crippen LogP contribution >= 0.6 is 0 Å². The summed E-state index contributed by atoms with van der Waals surface area (Å²) in [5, 5.41) is 4.22. The van der Waals surface area contributed by atoms with Gasteiger partial charge in [0, 0.05) is 38.6 Å². The summed E-state index contributed by atoms with van der Waals surface area (Å²) >= 11 is 0. The molecule has 1 unspecified atom stereocenters. The predicted molar refractivity (Wildman–Crippen MR) is 83.1 cm³/mol. The molecular formula is C17H22FN3O. The molecule has 0 radical (unpaired) electrons. The van der Waals surface area contributed by atoms with E-state index in [9.17, 15) is 4.39 Å². The van der Waals surface area contributed by atoms with Crippen LogP contribution in [0.3, 0.4) is 0 Å². The van der Waals surface area contributed by atoms with Gasteiger partial charge in [0.2, 0.25) is 0 Å². The number of aromatic nitrogens is 2. The zero-order valence-corrected chi connectivity index (χ0v) is 12.7. The molecule has 0 spiro atoms. The van der Waals surface area contributed by atoms with Crippen molar-refractivity contribution in [1.82, 2.24) is 14.7 Å². The minimum Gasteiger partial charge on any atom is -0.375 e. The number of nitrogens with zero attached hydrogens (tertiary/aromatic N) is 3. The number of aryl methyl sites for hydroxylation is 1. The van der Waals surface area contributed by atoms with Crippen LogP contribution < -0.4 is 0 Å². The molecule has 1 atom stereocenters. The Morgan fingerprint density at radius 2 is 2.23 bits per heavy atom. The average Bonchev–Trinajstić information content (AvgIpc) is 3.01. The number of morpholine rings is 1. The van der Waals surface area contributed by atoms with Gasteiger partial charge in [0.1, 0.15) is 5.82 Å². The van der Waals surface area contributed by atoms with E-state index >= 15 is 0 Å². The van der Waals surface area contributed by atoms with Crippen molar-refractivity contribution in [2.45, 2.75) is 25.5 Å². The third kappa shape index (κ3) is 4.39. The Labute approximate surface area is 130 Å². The first kappa shape index (κ1) is 15.2. The van der Waals surface area contributed by atoms with E-state index in [2.05, 4.69) is 10.00 Å². The number of rotatable bonds is 6. The second-order valence-electron chi connectivity index (χ2n) is 5.75. The molecule has 3 rings (SSSR count). The first-order chi connectivity index (χ1) is 10.8. The molecule has 0 amide bonds. The molecule has 1 aliphatic rings. The monoisotopic (exact) mass is 303 g/mol. The SMILES string of the molecule is Fc1cccc(CC2CN(CCCn3cccn3)CCO2)c1. The minimum atomic E-state index is -0.176. The Morgan fingerprint density at radius 1 is 1.27 bits per heavy atom. The Balaban J connectivity index is 1.44. The molecule has 2 heterocycles. The number of ether oxygens (including phenoxy) is 1. The molecular weight excluding hydrogens is 281 g/mol. The molecule has 1 aliphatic heterocycles. The van der Waals surface area contributed by atoms with Crippen molar-refractivity contribution in [3.8, 4) is 0 Å². The van der Waals surface area contributed by atoms with Crippen molar-refractivity contribution in [3.05, 3.63) is 54.1 Å². The lowest BCUT2D eigenvalue weighted by Gasteiger charge is -2.33. The van der Waals surface area contributed by atoms with E-state index in [-0.39, 0.29) is 11.9 Å². The van der Waals surface area contributed by atoms with Crippen LogP contribution in [0.5, 0.6) is 0 Å². The number of benzene rings is 1. The molecule has 0 N–H and O–H groups in total. The maximum Gasteiger partial charge on any atom is 0.123 e. The van der Waals surface area contributed by atoms with Crippen LogP contribution in [0, 0.1) is 5.82 Å². The lowest BCUT2D eigenvalue weighted by molar-refractivity contribution is -0.0281. The molecule has 0 aliphatic carbocycles. The molecule has 1 fully saturated rings. The topological polar surface area (TPSA) is 30.3 Å². The van der Waals surface area contributed by atoms with Gasteiger partial charge in [-0.05, 0) is 36.6 Å². The van der Waals surface area contributed by atoms with Gasteiger partial charge in [-0.3, -0.25) is 9.58 Å². The molecule has 0 bridgehead atoms. The summed E-state index contributed by atoms with van der Waals surface area (Å²) in [4.78, 5) is 2.43. The third-order valence-electron chi connectivity index (χ3n) is 4.00. The predicted octanol–water partition coefficient (Wildman–Crippen LogP) is 2.36. The lowest BCUT2D eigenvalue weighted by Crippen LogP contribution is -2.43. The van der Waals surface area contributed by atoms with Gasteiger partial charge in [-0.15, -0.1) is 0 Å². The van der Waals surface area contributed by atoms with Gasteiger partial charge >= 0.3 is 0 Å². The summed E-state index contributed by atoms with van der Waals surface area (Å²) in [6, 6.07) is 8.75. The normalized spacial score (nSPS) is 19.4. The summed E-state index contributed by atoms with van der Waals surface area (Å²) in [6.45, 7) is 4.62. The van der Waals surface area contributed by atoms with Crippen LogP contribution in [0.4, 0.5) is 4.39 Å². The molecule has 118 valence electrons. The van der Waals surface area contributed by atoms with Crippen molar-refractivity contribution < 1.29 is 9.13 Å². The van der Waals surface area contributed by atoms with Gasteiger partial charge < -0.3 is 4.74 Å². The quantitative estimate of drug-likeness (QED) is 0.820. The average molecular weight is 303 g/mol.